The van der Waals surface area contributed by atoms with E-state index in [1.54, 1.807) is 19.5 Å². The molecule has 1 aliphatic rings. The van der Waals surface area contributed by atoms with E-state index in [1.165, 1.54) is 0 Å². The van der Waals surface area contributed by atoms with Crippen LogP contribution in [0.4, 0.5) is 5.82 Å². The highest BCUT2D eigenvalue weighted by Gasteiger charge is 2.23. The summed E-state index contributed by atoms with van der Waals surface area (Å²) in [5, 5.41) is 3.37. The number of hydrogen-bond donors (Lipinski definition) is 1. The lowest BCUT2D eigenvalue weighted by molar-refractivity contribution is -0.131. The average molecular weight is 326 g/mol. The number of nitrogens with one attached hydrogen (secondary N) is 1. The molecule has 1 N–H and O–H groups in total. The van der Waals surface area contributed by atoms with E-state index >= 15 is 0 Å². The Labute approximate surface area is 141 Å². The Morgan fingerprint density at radius 1 is 1.21 bits per heavy atom. The molecule has 0 spiro atoms. The van der Waals surface area contributed by atoms with Gasteiger partial charge < -0.3 is 15.0 Å². The molecule has 1 amide bonds. The summed E-state index contributed by atoms with van der Waals surface area (Å²) in [5.41, 5.74) is 1.06. The van der Waals surface area contributed by atoms with Gasteiger partial charge in [-0.15, -0.1) is 0 Å². The van der Waals surface area contributed by atoms with Crippen molar-refractivity contribution in [2.75, 3.05) is 25.5 Å². The zero-order valence-electron chi connectivity index (χ0n) is 13.8. The highest BCUT2D eigenvalue weighted by molar-refractivity contribution is 5.78. The third kappa shape index (κ3) is 4.01. The van der Waals surface area contributed by atoms with Crippen molar-refractivity contribution in [2.24, 2.45) is 0 Å². The van der Waals surface area contributed by atoms with Crippen LogP contribution in [0, 0.1) is 0 Å². The lowest BCUT2D eigenvalue weighted by Gasteiger charge is -2.32. The third-order valence-electron chi connectivity index (χ3n) is 4.24. The molecule has 126 valence electrons. The smallest absolute Gasteiger partial charge is 0.257 e. The molecule has 24 heavy (non-hydrogen) atoms. The number of aromatic nitrogens is 2. The topological polar surface area (TPSA) is 67.4 Å². The number of piperidine rings is 1. The summed E-state index contributed by atoms with van der Waals surface area (Å²) >= 11 is 0. The molecule has 1 fully saturated rings. The van der Waals surface area contributed by atoms with Gasteiger partial charge in [-0.25, -0.2) is 9.97 Å². The first-order valence-corrected chi connectivity index (χ1v) is 8.19. The van der Waals surface area contributed by atoms with E-state index in [0.29, 0.717) is 18.1 Å². The zero-order chi connectivity index (χ0) is 16.8. The SMILES string of the molecule is COc1nccnc1NC1CCN(C(=O)Cc2ccccc2)CC1. The maximum atomic E-state index is 12.4. The minimum absolute atomic E-state index is 0.191. The number of ether oxygens (including phenoxy) is 1. The summed E-state index contributed by atoms with van der Waals surface area (Å²) in [6.45, 7) is 1.51. The summed E-state index contributed by atoms with van der Waals surface area (Å²) in [6, 6.07) is 10.2. The van der Waals surface area contributed by atoms with E-state index in [-0.39, 0.29) is 11.9 Å². The molecular formula is C18H22N4O2. The molecule has 6 nitrogen and oxygen atoms in total. The predicted molar refractivity (Wildman–Crippen MR) is 92.0 cm³/mol. The second-order valence-electron chi connectivity index (χ2n) is 5.88. The molecule has 0 saturated carbocycles. The molecule has 6 heteroatoms. The fourth-order valence-electron chi connectivity index (χ4n) is 2.92. The normalized spacial score (nSPS) is 15.1. The summed E-state index contributed by atoms with van der Waals surface area (Å²) in [5.74, 6) is 1.35. The molecule has 1 aromatic carbocycles. The van der Waals surface area contributed by atoms with Gasteiger partial charge in [0.2, 0.25) is 5.91 Å². The van der Waals surface area contributed by atoms with Crippen LogP contribution < -0.4 is 10.1 Å². The molecule has 0 atom stereocenters. The van der Waals surface area contributed by atoms with Crippen LogP contribution >= 0.6 is 0 Å². The molecule has 0 unspecified atom stereocenters. The summed E-state index contributed by atoms with van der Waals surface area (Å²) < 4.78 is 5.21. The molecule has 1 aromatic heterocycles. The van der Waals surface area contributed by atoms with Gasteiger partial charge >= 0.3 is 0 Å². The lowest BCUT2D eigenvalue weighted by Crippen LogP contribution is -2.43. The fraction of sp³-hybridized carbons (Fsp3) is 0.389. The Balaban J connectivity index is 1.51. The van der Waals surface area contributed by atoms with Crippen molar-refractivity contribution in [3.63, 3.8) is 0 Å². The Morgan fingerprint density at radius 2 is 1.92 bits per heavy atom. The molecule has 2 heterocycles. The van der Waals surface area contributed by atoms with Gasteiger partial charge in [0.05, 0.1) is 13.5 Å². The number of rotatable bonds is 5. The largest absolute Gasteiger partial charge is 0.478 e. The van der Waals surface area contributed by atoms with Crippen molar-refractivity contribution in [1.29, 1.82) is 0 Å². The van der Waals surface area contributed by atoms with E-state index in [2.05, 4.69) is 15.3 Å². The van der Waals surface area contributed by atoms with Crippen molar-refractivity contribution >= 4 is 11.7 Å². The van der Waals surface area contributed by atoms with Crippen molar-refractivity contribution in [3.05, 3.63) is 48.3 Å². The predicted octanol–water partition coefficient (Wildman–Crippen LogP) is 2.13. The number of hydrogen-bond acceptors (Lipinski definition) is 5. The summed E-state index contributed by atoms with van der Waals surface area (Å²) in [4.78, 5) is 22.8. The van der Waals surface area contributed by atoms with Crippen molar-refractivity contribution in [2.45, 2.75) is 25.3 Å². The highest BCUT2D eigenvalue weighted by Crippen LogP contribution is 2.21. The maximum Gasteiger partial charge on any atom is 0.257 e. The van der Waals surface area contributed by atoms with Crippen LogP contribution in [-0.2, 0) is 11.2 Å². The van der Waals surface area contributed by atoms with Gasteiger partial charge in [-0.3, -0.25) is 4.79 Å². The zero-order valence-corrected chi connectivity index (χ0v) is 13.8. The molecule has 1 aliphatic heterocycles. The van der Waals surface area contributed by atoms with E-state index in [1.807, 2.05) is 35.2 Å². The van der Waals surface area contributed by atoms with Crippen LogP contribution in [0.1, 0.15) is 18.4 Å². The van der Waals surface area contributed by atoms with Crippen molar-refractivity contribution in [3.8, 4) is 5.88 Å². The molecule has 0 radical (unpaired) electrons. The van der Waals surface area contributed by atoms with Gasteiger partial charge in [-0.05, 0) is 18.4 Å². The van der Waals surface area contributed by atoms with Crippen LogP contribution in [-0.4, -0.2) is 47.0 Å². The van der Waals surface area contributed by atoms with Gasteiger partial charge in [0.15, 0.2) is 5.82 Å². The molecule has 2 aromatic rings. The van der Waals surface area contributed by atoms with Crippen LogP contribution in [0.15, 0.2) is 42.7 Å². The van der Waals surface area contributed by atoms with Crippen LogP contribution in [0.5, 0.6) is 5.88 Å². The second-order valence-corrected chi connectivity index (χ2v) is 5.88. The Kier molecular flexibility index (Phi) is 5.25. The quantitative estimate of drug-likeness (QED) is 0.912. The minimum atomic E-state index is 0.191. The van der Waals surface area contributed by atoms with Gasteiger partial charge in [0.1, 0.15) is 0 Å². The number of amides is 1. The highest BCUT2D eigenvalue weighted by atomic mass is 16.5. The van der Waals surface area contributed by atoms with Gasteiger partial charge in [0, 0.05) is 31.5 Å². The van der Waals surface area contributed by atoms with Crippen LogP contribution in [0.25, 0.3) is 0 Å². The monoisotopic (exact) mass is 326 g/mol. The first kappa shape index (κ1) is 16.2. The summed E-state index contributed by atoms with van der Waals surface area (Å²) in [7, 11) is 1.58. The molecule has 0 aliphatic carbocycles. The van der Waals surface area contributed by atoms with E-state index in [4.69, 9.17) is 4.74 Å². The van der Waals surface area contributed by atoms with Gasteiger partial charge in [0.25, 0.3) is 5.88 Å². The molecular weight excluding hydrogens is 304 g/mol. The van der Waals surface area contributed by atoms with E-state index in [0.717, 1.165) is 31.5 Å². The number of likely N-dealkylation sites (tertiary alicyclic amines) is 1. The van der Waals surface area contributed by atoms with Gasteiger partial charge in [-0.1, -0.05) is 30.3 Å². The Morgan fingerprint density at radius 3 is 2.62 bits per heavy atom. The second kappa shape index (κ2) is 7.77. The van der Waals surface area contributed by atoms with Crippen molar-refractivity contribution in [1.82, 2.24) is 14.9 Å². The number of carbonyl (C=O) groups is 1. The minimum Gasteiger partial charge on any atom is -0.478 e. The average Bonchev–Trinajstić information content (AvgIpc) is 2.63. The van der Waals surface area contributed by atoms with E-state index < -0.39 is 0 Å². The first-order chi connectivity index (χ1) is 11.8. The maximum absolute atomic E-state index is 12.4. The number of benzene rings is 1. The van der Waals surface area contributed by atoms with Gasteiger partial charge in [-0.2, -0.15) is 0 Å². The number of carbonyl (C=O) groups excluding carboxylic acids is 1. The van der Waals surface area contributed by atoms with Crippen LogP contribution in [0.2, 0.25) is 0 Å². The number of nitrogens with zero attached hydrogens (tertiary/aromatic N) is 3. The number of methoxy groups -OCH3 is 1. The van der Waals surface area contributed by atoms with Crippen LogP contribution in [0.3, 0.4) is 0 Å². The first-order valence-electron chi connectivity index (χ1n) is 8.19. The van der Waals surface area contributed by atoms with E-state index in [9.17, 15) is 4.79 Å². The molecule has 3 rings (SSSR count). The Bertz CT molecular complexity index is 670. The van der Waals surface area contributed by atoms with Crippen molar-refractivity contribution < 1.29 is 9.53 Å². The fourth-order valence-corrected chi connectivity index (χ4v) is 2.92. The number of anilines is 1. The molecule has 0 bridgehead atoms. The third-order valence-corrected chi connectivity index (χ3v) is 4.24. The lowest BCUT2D eigenvalue weighted by atomic mass is 10.0. The molecule has 1 saturated heterocycles. The standard InChI is InChI=1S/C18H22N4O2/c1-24-18-17(19-9-10-20-18)21-15-7-11-22(12-8-15)16(23)13-14-5-3-2-4-6-14/h2-6,9-10,15H,7-8,11-13H2,1H3,(H,19,21). The Hall–Kier alpha value is -2.63. The summed E-state index contributed by atoms with van der Waals surface area (Å²) in [6.07, 6.45) is 5.50.